The van der Waals surface area contributed by atoms with E-state index in [1.807, 2.05) is 6.92 Å². The zero-order chi connectivity index (χ0) is 23.5. The molecule has 1 unspecified atom stereocenters. The van der Waals surface area contributed by atoms with Crippen molar-refractivity contribution >= 4 is 23.4 Å². The van der Waals surface area contributed by atoms with Crippen molar-refractivity contribution in [1.82, 2.24) is 5.06 Å². The predicted molar refractivity (Wildman–Crippen MR) is 118 cm³/mol. The summed E-state index contributed by atoms with van der Waals surface area (Å²) in [6.45, 7) is 3.89. The highest BCUT2D eigenvalue weighted by Gasteiger charge is 2.26. The number of hydroxylamine groups is 2. The van der Waals surface area contributed by atoms with Gasteiger partial charge in [-0.1, -0.05) is 23.7 Å². The van der Waals surface area contributed by atoms with E-state index in [1.165, 1.54) is 19.3 Å². The number of esters is 1. The largest absolute Gasteiger partial charge is 0.481 e. The third-order valence-electron chi connectivity index (χ3n) is 4.54. The third kappa shape index (κ3) is 7.09. The monoisotopic (exact) mass is 447 g/mol. The molecule has 0 fully saturated rings. The molecule has 1 atom stereocenters. The first-order valence-electron chi connectivity index (χ1n) is 10.2. The Labute approximate surface area is 187 Å². The Hall–Kier alpha value is -3.40. The lowest BCUT2D eigenvalue weighted by atomic mass is 10.0. The van der Waals surface area contributed by atoms with Crippen molar-refractivity contribution < 1.29 is 33.8 Å². The van der Waals surface area contributed by atoms with E-state index in [4.69, 9.17) is 24.3 Å². The lowest BCUT2D eigenvalue weighted by Crippen LogP contribution is -2.37. The fourth-order valence-corrected chi connectivity index (χ4v) is 2.98. The van der Waals surface area contributed by atoms with Crippen LogP contribution in [0, 0.1) is 0 Å². The number of nitrogens with zero attached hydrogens (tertiary/aromatic N) is 3. The maximum Gasteiger partial charge on any atom is 0.342 e. The maximum atomic E-state index is 12.5. The predicted octanol–water partition coefficient (Wildman–Crippen LogP) is 3.37. The minimum atomic E-state index is -0.864. The van der Waals surface area contributed by atoms with Crippen LogP contribution in [0.4, 0.5) is 0 Å². The summed E-state index contributed by atoms with van der Waals surface area (Å²) in [4.78, 5) is 38.2. The second kappa shape index (κ2) is 12.5. The first-order chi connectivity index (χ1) is 15.4. The number of methoxy groups -OCH3 is 1. The van der Waals surface area contributed by atoms with E-state index in [-0.39, 0.29) is 17.7 Å². The molecule has 0 radical (unpaired) electrons. The Morgan fingerprint density at radius 3 is 2.69 bits per heavy atom. The van der Waals surface area contributed by atoms with Gasteiger partial charge in [0.25, 0.3) is 6.35 Å². The summed E-state index contributed by atoms with van der Waals surface area (Å²) in [6.07, 6.45) is 4.74. The highest BCUT2D eigenvalue weighted by atomic mass is 16.7. The highest BCUT2D eigenvalue weighted by molar-refractivity contribution is 6.09. The van der Waals surface area contributed by atoms with Gasteiger partial charge in [0.05, 0.1) is 19.4 Å². The summed E-state index contributed by atoms with van der Waals surface area (Å²) < 4.78 is 11.0. The van der Waals surface area contributed by atoms with E-state index in [0.29, 0.717) is 30.7 Å². The Morgan fingerprint density at radius 1 is 1.22 bits per heavy atom. The highest BCUT2D eigenvalue weighted by Crippen LogP contribution is 2.27. The minimum absolute atomic E-state index is 0.136. The summed E-state index contributed by atoms with van der Waals surface area (Å²) in [6, 6.07) is 5.09. The number of unbranched alkanes of at least 4 members (excludes halogenated alkanes) is 2. The standard InChI is InChI=1S/C22H29N3O7/c1-15-12-13-25(31-14-7-5-6-11-19(26)27)22(23-15)32-18-10-8-9-17(16(2)24-30-4)20(18)21(28)29-3/h8-10,12-13,22H,5-7,11,14H2,1-4H3,(H,26,27). The van der Waals surface area contributed by atoms with Crippen LogP contribution < -0.4 is 4.74 Å². The van der Waals surface area contributed by atoms with Crippen molar-refractivity contribution in [1.29, 1.82) is 0 Å². The lowest BCUT2D eigenvalue weighted by Gasteiger charge is -2.30. The Kier molecular flexibility index (Phi) is 9.68. The van der Waals surface area contributed by atoms with Gasteiger partial charge in [0, 0.05) is 23.9 Å². The molecule has 0 saturated heterocycles. The number of ether oxygens (including phenoxy) is 2. The van der Waals surface area contributed by atoms with Crippen LogP contribution >= 0.6 is 0 Å². The van der Waals surface area contributed by atoms with Gasteiger partial charge in [-0.05, 0) is 38.8 Å². The van der Waals surface area contributed by atoms with Crippen LogP contribution in [0.5, 0.6) is 5.75 Å². The third-order valence-corrected chi connectivity index (χ3v) is 4.54. The second-order valence-corrected chi connectivity index (χ2v) is 6.96. The van der Waals surface area contributed by atoms with Crippen LogP contribution in [-0.4, -0.2) is 60.7 Å². The van der Waals surface area contributed by atoms with E-state index >= 15 is 0 Å². The normalized spacial score (nSPS) is 15.9. The van der Waals surface area contributed by atoms with E-state index < -0.39 is 18.3 Å². The number of rotatable bonds is 12. The summed E-state index contributed by atoms with van der Waals surface area (Å²) in [5.74, 6) is -1.14. The quantitative estimate of drug-likeness (QED) is 0.224. The van der Waals surface area contributed by atoms with Gasteiger partial charge in [0.15, 0.2) is 0 Å². The molecule has 1 aliphatic heterocycles. The van der Waals surface area contributed by atoms with Crippen molar-refractivity contribution in [3.63, 3.8) is 0 Å². The number of aliphatic imine (C=N–C) groups is 1. The van der Waals surface area contributed by atoms with Crippen molar-refractivity contribution in [3.8, 4) is 5.75 Å². The van der Waals surface area contributed by atoms with Crippen molar-refractivity contribution in [2.24, 2.45) is 10.1 Å². The minimum Gasteiger partial charge on any atom is -0.481 e. The van der Waals surface area contributed by atoms with Gasteiger partial charge in [-0.2, -0.15) is 0 Å². The smallest absolute Gasteiger partial charge is 0.342 e. The van der Waals surface area contributed by atoms with Crippen LogP contribution in [-0.2, 0) is 19.2 Å². The Bertz CT molecular complexity index is 896. The van der Waals surface area contributed by atoms with Crippen molar-refractivity contribution in [3.05, 3.63) is 41.6 Å². The molecule has 1 aromatic rings. The molecular weight excluding hydrogens is 418 g/mol. The van der Waals surface area contributed by atoms with E-state index in [2.05, 4.69) is 10.1 Å². The molecule has 1 aromatic carbocycles. The molecule has 10 nitrogen and oxygen atoms in total. The van der Waals surface area contributed by atoms with Crippen LogP contribution in [0.25, 0.3) is 0 Å². The molecule has 32 heavy (non-hydrogen) atoms. The molecule has 0 amide bonds. The molecule has 1 heterocycles. The molecular formula is C22H29N3O7. The SMILES string of the molecule is CON=C(C)c1cccc(OC2N=C(C)C=CN2OCCCCCC(=O)O)c1C(=O)OC. The molecule has 0 aromatic heterocycles. The van der Waals surface area contributed by atoms with Gasteiger partial charge in [-0.25, -0.2) is 14.9 Å². The average molecular weight is 447 g/mol. The van der Waals surface area contributed by atoms with Crippen LogP contribution in [0.3, 0.4) is 0 Å². The van der Waals surface area contributed by atoms with Gasteiger partial charge in [-0.3, -0.25) is 9.63 Å². The molecule has 0 bridgehead atoms. The van der Waals surface area contributed by atoms with Gasteiger partial charge < -0.3 is 19.4 Å². The number of hydrogen-bond donors (Lipinski definition) is 1. The fraction of sp³-hybridized carbons (Fsp3) is 0.455. The van der Waals surface area contributed by atoms with E-state index in [9.17, 15) is 9.59 Å². The number of carboxylic acids is 1. The number of hydrogen-bond acceptors (Lipinski definition) is 9. The topological polar surface area (TPSA) is 119 Å². The van der Waals surface area contributed by atoms with Crippen LogP contribution in [0.15, 0.2) is 40.6 Å². The molecule has 0 spiro atoms. The van der Waals surface area contributed by atoms with Gasteiger partial charge in [-0.15, -0.1) is 0 Å². The summed E-state index contributed by atoms with van der Waals surface area (Å²) in [7, 11) is 2.71. The number of aliphatic carboxylic acids is 1. The summed E-state index contributed by atoms with van der Waals surface area (Å²) in [5.41, 5.74) is 1.92. The zero-order valence-corrected chi connectivity index (χ0v) is 18.7. The molecule has 0 aliphatic carbocycles. The molecule has 2 rings (SSSR count). The average Bonchev–Trinajstić information content (AvgIpc) is 2.76. The number of benzene rings is 1. The van der Waals surface area contributed by atoms with Gasteiger partial charge in [0.1, 0.15) is 18.4 Å². The van der Waals surface area contributed by atoms with Gasteiger partial charge >= 0.3 is 11.9 Å². The zero-order valence-electron chi connectivity index (χ0n) is 18.7. The van der Waals surface area contributed by atoms with Crippen molar-refractivity contribution in [2.45, 2.75) is 45.9 Å². The Morgan fingerprint density at radius 2 is 2.00 bits per heavy atom. The van der Waals surface area contributed by atoms with Crippen molar-refractivity contribution in [2.75, 3.05) is 20.8 Å². The number of oxime groups is 1. The number of carboxylic acid groups (broad SMARTS) is 1. The number of carbonyl (C=O) groups excluding carboxylic acids is 1. The maximum absolute atomic E-state index is 12.5. The fourth-order valence-electron chi connectivity index (χ4n) is 2.98. The summed E-state index contributed by atoms with van der Waals surface area (Å²) >= 11 is 0. The lowest BCUT2D eigenvalue weighted by molar-refractivity contribution is -0.195. The number of allylic oxidation sites excluding steroid dienone is 1. The number of carbonyl (C=O) groups is 2. The molecule has 10 heteroatoms. The first-order valence-corrected chi connectivity index (χ1v) is 10.2. The summed E-state index contributed by atoms with van der Waals surface area (Å²) in [5, 5.41) is 14.1. The second-order valence-electron chi connectivity index (χ2n) is 6.96. The molecule has 1 N–H and O–H groups in total. The van der Waals surface area contributed by atoms with E-state index in [1.54, 1.807) is 37.4 Å². The van der Waals surface area contributed by atoms with Crippen LogP contribution in [0.2, 0.25) is 0 Å². The van der Waals surface area contributed by atoms with Crippen LogP contribution in [0.1, 0.15) is 55.5 Å². The van der Waals surface area contributed by atoms with E-state index in [0.717, 1.165) is 12.1 Å². The molecule has 1 aliphatic rings. The van der Waals surface area contributed by atoms with Gasteiger partial charge in [0.2, 0.25) is 0 Å². The Balaban J connectivity index is 2.18. The first kappa shape index (κ1) is 24.9. The molecule has 0 saturated carbocycles. The molecule has 174 valence electrons.